The molecule has 0 aliphatic heterocycles. The molecular weight excluding hydrogens is 436 g/mol. The van der Waals surface area contributed by atoms with Crippen LogP contribution < -0.4 is 10.0 Å². The first kappa shape index (κ1) is 27.6. The van der Waals surface area contributed by atoms with E-state index in [1.165, 1.54) is 6.07 Å². The molecule has 0 fully saturated rings. The number of aryl methyl sites for hydroxylation is 1. The van der Waals surface area contributed by atoms with Crippen molar-refractivity contribution in [2.45, 2.75) is 39.5 Å². The number of ether oxygens (including phenoxy) is 1. The molecule has 0 aliphatic rings. The zero-order valence-electron chi connectivity index (χ0n) is 17.5. The van der Waals surface area contributed by atoms with E-state index < -0.39 is 43.1 Å². The molecule has 0 N–H and O–H groups in total. The zero-order valence-corrected chi connectivity index (χ0v) is 18.5. The molecule has 0 aromatic heterocycles. The van der Waals surface area contributed by atoms with Gasteiger partial charge in [0.05, 0.1) is 17.7 Å². The minimum Gasteiger partial charge on any atom is -0.494 e. The Kier molecular flexibility index (Phi) is 9.68. The van der Waals surface area contributed by atoms with E-state index in [0.29, 0.717) is 47.3 Å². The third kappa shape index (κ3) is 7.56. The summed E-state index contributed by atoms with van der Waals surface area (Å²) in [5, 5.41) is 0.362. The summed E-state index contributed by atoms with van der Waals surface area (Å²) >= 11 is 0. The van der Waals surface area contributed by atoms with E-state index in [1.54, 1.807) is 19.1 Å². The first-order valence-corrected chi connectivity index (χ1v) is 10.1. The van der Waals surface area contributed by atoms with Crippen molar-refractivity contribution in [1.82, 2.24) is 0 Å². The van der Waals surface area contributed by atoms with E-state index in [9.17, 15) is 31.1 Å². The van der Waals surface area contributed by atoms with Gasteiger partial charge < -0.3 is 4.74 Å². The first-order valence-electron chi connectivity index (χ1n) is 9.13. The van der Waals surface area contributed by atoms with Gasteiger partial charge in [-0.15, -0.1) is 0 Å². The van der Waals surface area contributed by atoms with Crippen molar-refractivity contribution in [2.24, 2.45) is 5.92 Å². The van der Waals surface area contributed by atoms with Crippen LogP contribution in [0.5, 0.6) is 5.75 Å². The van der Waals surface area contributed by atoms with Crippen LogP contribution >= 0.6 is 8.58 Å². The Morgan fingerprint density at radius 1 is 1.00 bits per heavy atom. The van der Waals surface area contributed by atoms with E-state index in [2.05, 4.69) is 0 Å². The van der Waals surface area contributed by atoms with Gasteiger partial charge >= 0.3 is 12.4 Å². The maximum absolute atomic E-state index is 13.3. The molecule has 31 heavy (non-hydrogen) atoms. The summed E-state index contributed by atoms with van der Waals surface area (Å²) in [6, 6.07) is 6.32. The second kappa shape index (κ2) is 10.9. The molecule has 2 nitrogen and oxygen atoms in total. The number of halogens is 6. The maximum atomic E-state index is 13.3. The van der Waals surface area contributed by atoms with Gasteiger partial charge in [0.2, 0.25) is 0 Å². The van der Waals surface area contributed by atoms with Gasteiger partial charge in [-0.3, -0.25) is 4.79 Å². The second-order valence-corrected chi connectivity index (χ2v) is 8.43. The summed E-state index contributed by atoms with van der Waals surface area (Å²) in [6.07, 6.45) is -9.34. The largest absolute Gasteiger partial charge is 0.494 e. The van der Waals surface area contributed by atoms with Crippen LogP contribution in [0.3, 0.4) is 0 Å². The number of carbonyl (C=O) groups excluding carboxylic acids is 1. The fourth-order valence-electron chi connectivity index (χ4n) is 2.73. The molecule has 1 radical (unpaired) electrons. The number of rotatable bonds is 7. The van der Waals surface area contributed by atoms with Crippen molar-refractivity contribution in [1.29, 1.82) is 0 Å². The van der Waals surface area contributed by atoms with Crippen molar-refractivity contribution in [3.63, 3.8) is 0 Å². The van der Waals surface area contributed by atoms with Gasteiger partial charge in [0.15, 0.2) is 5.52 Å². The Hall–Kier alpha value is -1.48. The summed E-state index contributed by atoms with van der Waals surface area (Å²) in [4.78, 5) is 12.6. The Bertz CT molecular complexity index is 877. The quantitative estimate of drug-likeness (QED) is 0.280. The first-order chi connectivity index (χ1) is 13.8. The van der Waals surface area contributed by atoms with E-state index in [4.69, 9.17) is 4.74 Å². The van der Waals surface area contributed by atoms with Crippen LogP contribution in [0.1, 0.15) is 47.3 Å². The number of hydrogen-bond donors (Lipinski definition) is 0. The smallest absolute Gasteiger partial charge is 0.417 e. The molecule has 2 rings (SSSR count). The number of benzene rings is 2. The minimum atomic E-state index is -5.08. The molecular formula is C21H21F6LiO2P. The van der Waals surface area contributed by atoms with Crippen LogP contribution in [-0.4, -0.2) is 31.0 Å². The minimum absolute atomic E-state index is 0. The zero-order chi connectivity index (χ0) is 22.7. The predicted octanol–water partition coefficient (Wildman–Crippen LogP) is 6.22. The molecule has 1 unspecified atom stereocenters. The Morgan fingerprint density at radius 2 is 1.55 bits per heavy atom. The molecule has 165 valence electrons. The molecule has 0 saturated carbocycles. The third-order valence-electron chi connectivity index (χ3n) is 4.31. The molecule has 1 atom stereocenters. The molecule has 0 aliphatic carbocycles. The monoisotopic (exact) mass is 457 g/mol. The average molecular weight is 457 g/mol. The fourth-order valence-corrected chi connectivity index (χ4v) is 3.81. The summed E-state index contributed by atoms with van der Waals surface area (Å²) in [5.74, 6) is 0.974. The van der Waals surface area contributed by atoms with Crippen LogP contribution in [0, 0.1) is 12.8 Å². The van der Waals surface area contributed by atoms with Gasteiger partial charge in [-0.05, 0) is 63.0 Å². The van der Waals surface area contributed by atoms with Gasteiger partial charge in [0.1, 0.15) is 5.75 Å². The fraction of sp³-hybridized carbons (Fsp3) is 0.381. The number of alkyl halides is 6. The van der Waals surface area contributed by atoms with E-state index in [1.807, 2.05) is 13.8 Å². The Balaban J connectivity index is 0.00000480. The van der Waals surface area contributed by atoms with Crippen molar-refractivity contribution in [2.75, 3.05) is 6.61 Å². The molecule has 0 spiro atoms. The van der Waals surface area contributed by atoms with Crippen LogP contribution in [-0.2, 0) is 12.4 Å². The third-order valence-corrected chi connectivity index (χ3v) is 5.62. The molecule has 10 heteroatoms. The van der Waals surface area contributed by atoms with Crippen molar-refractivity contribution < 1.29 is 35.9 Å². The summed E-state index contributed by atoms with van der Waals surface area (Å²) in [7, 11) is -0.894. The maximum Gasteiger partial charge on any atom is 0.417 e. The topological polar surface area (TPSA) is 26.3 Å². The van der Waals surface area contributed by atoms with Crippen LogP contribution in [0.2, 0.25) is 0 Å². The molecule has 2 aromatic carbocycles. The van der Waals surface area contributed by atoms with Gasteiger partial charge in [-0.1, -0.05) is 26.0 Å². The van der Waals surface area contributed by atoms with Crippen molar-refractivity contribution in [3.8, 4) is 5.75 Å². The molecule has 0 saturated heterocycles. The Labute approximate surface area is 190 Å². The summed E-state index contributed by atoms with van der Waals surface area (Å²) in [6.45, 7) is 6.19. The van der Waals surface area contributed by atoms with Crippen LogP contribution in [0.4, 0.5) is 26.3 Å². The summed E-state index contributed by atoms with van der Waals surface area (Å²) in [5.41, 5.74) is -5.16. The van der Waals surface area contributed by atoms with Crippen molar-refractivity contribution >= 4 is 38.3 Å². The second-order valence-electron chi connectivity index (χ2n) is 7.19. The standard InChI is InChI=1S/C21H21F6O2P.Li/c1-12(2)9-10-29-14-7-8-17(13(3)11-14)30-19(28)18-15(20(22,23)24)5-4-6-16(18)21(25,26)27;/h4-8,11-12,30H,9-10H2,1-3H3;. The van der Waals surface area contributed by atoms with Crippen molar-refractivity contribution in [3.05, 3.63) is 58.7 Å². The molecule has 0 bridgehead atoms. The normalized spacial score (nSPS) is 12.3. The SMILES string of the molecule is Cc1cc(OCCC(C)C)ccc1PC(=O)c1c(C(F)(F)F)cccc1C(F)(F)F.[Li]. The van der Waals surface area contributed by atoms with Crippen LogP contribution in [0.15, 0.2) is 36.4 Å². The molecule has 2 aromatic rings. The molecule has 0 heterocycles. The molecule has 0 amide bonds. The number of carbonyl (C=O) groups is 1. The predicted molar refractivity (Wildman–Crippen MR) is 111 cm³/mol. The number of hydrogen-bond acceptors (Lipinski definition) is 2. The van der Waals surface area contributed by atoms with E-state index >= 15 is 0 Å². The van der Waals surface area contributed by atoms with Gasteiger partial charge in [0, 0.05) is 24.4 Å². The van der Waals surface area contributed by atoms with Gasteiger partial charge in [-0.2, -0.15) is 26.3 Å². The van der Waals surface area contributed by atoms with Crippen LogP contribution in [0.25, 0.3) is 0 Å². The van der Waals surface area contributed by atoms with Gasteiger partial charge in [-0.25, -0.2) is 0 Å². The average Bonchev–Trinajstić information content (AvgIpc) is 2.61. The van der Waals surface area contributed by atoms with Gasteiger partial charge in [0.25, 0.3) is 0 Å². The van der Waals surface area contributed by atoms with E-state index in [0.717, 1.165) is 6.42 Å². The Morgan fingerprint density at radius 3 is 2.00 bits per heavy atom. The summed E-state index contributed by atoms with van der Waals surface area (Å²) < 4.78 is 85.3. The van der Waals surface area contributed by atoms with E-state index in [-0.39, 0.29) is 18.9 Å².